The summed E-state index contributed by atoms with van der Waals surface area (Å²) in [4.78, 5) is 12.4. The number of benzene rings is 3. The molecule has 5 nitrogen and oxygen atoms in total. The summed E-state index contributed by atoms with van der Waals surface area (Å²) in [6.07, 6.45) is 0.249. The van der Waals surface area contributed by atoms with Crippen molar-refractivity contribution in [3.63, 3.8) is 0 Å². The summed E-state index contributed by atoms with van der Waals surface area (Å²) in [7, 11) is -3.76. The van der Waals surface area contributed by atoms with Crippen LogP contribution in [0.4, 0.5) is 11.4 Å². The highest BCUT2D eigenvalue weighted by molar-refractivity contribution is 7.92. The normalized spacial score (nSPS) is 11.2. The maximum Gasteiger partial charge on any atom is 0.261 e. The minimum absolute atomic E-state index is 0.101. The molecular weight excluding hydrogens is 420 g/mol. The fraction of sp³-hybridized carbons (Fsp3) is 0.174. The SMILES string of the molecule is Cc1ccc(CC(=O)Nc2ccc(S(=O)(=O)Nc3ccc(Cl)cc3C)cc2)cc1C. The molecule has 1 amide bonds. The molecule has 7 heteroatoms. The summed E-state index contributed by atoms with van der Waals surface area (Å²) in [6.45, 7) is 5.81. The molecule has 0 spiro atoms. The van der Waals surface area contributed by atoms with Crippen molar-refractivity contribution in [3.8, 4) is 0 Å². The molecule has 3 aromatic carbocycles. The van der Waals surface area contributed by atoms with Gasteiger partial charge < -0.3 is 5.32 Å². The van der Waals surface area contributed by atoms with E-state index < -0.39 is 10.0 Å². The average Bonchev–Trinajstić information content (AvgIpc) is 2.67. The Balaban J connectivity index is 1.67. The number of hydrogen-bond acceptors (Lipinski definition) is 3. The number of nitrogens with one attached hydrogen (secondary N) is 2. The van der Waals surface area contributed by atoms with Crippen molar-refractivity contribution < 1.29 is 13.2 Å². The third-order valence-electron chi connectivity index (χ3n) is 4.82. The Morgan fingerprint density at radius 1 is 0.867 bits per heavy atom. The van der Waals surface area contributed by atoms with E-state index in [-0.39, 0.29) is 17.2 Å². The van der Waals surface area contributed by atoms with Crippen LogP contribution in [0.2, 0.25) is 5.02 Å². The van der Waals surface area contributed by atoms with Crippen LogP contribution in [0, 0.1) is 20.8 Å². The molecule has 30 heavy (non-hydrogen) atoms. The molecule has 0 aliphatic rings. The van der Waals surface area contributed by atoms with E-state index in [1.165, 1.54) is 17.7 Å². The zero-order valence-electron chi connectivity index (χ0n) is 17.0. The van der Waals surface area contributed by atoms with Crippen LogP contribution in [0.5, 0.6) is 0 Å². The first-order valence-corrected chi connectivity index (χ1v) is 11.3. The van der Waals surface area contributed by atoms with E-state index in [1.54, 1.807) is 37.3 Å². The van der Waals surface area contributed by atoms with E-state index in [1.807, 2.05) is 32.0 Å². The van der Waals surface area contributed by atoms with Crippen LogP contribution >= 0.6 is 11.6 Å². The highest BCUT2D eigenvalue weighted by atomic mass is 35.5. The third kappa shape index (κ3) is 5.40. The van der Waals surface area contributed by atoms with E-state index >= 15 is 0 Å². The van der Waals surface area contributed by atoms with Gasteiger partial charge in [-0.25, -0.2) is 8.42 Å². The number of anilines is 2. The van der Waals surface area contributed by atoms with Crippen molar-refractivity contribution >= 4 is 38.9 Å². The van der Waals surface area contributed by atoms with E-state index in [9.17, 15) is 13.2 Å². The third-order valence-corrected chi connectivity index (χ3v) is 6.43. The molecule has 0 aliphatic carbocycles. The molecule has 156 valence electrons. The lowest BCUT2D eigenvalue weighted by Crippen LogP contribution is -2.16. The number of halogens is 1. The van der Waals surface area contributed by atoms with E-state index in [0.29, 0.717) is 16.4 Å². The largest absolute Gasteiger partial charge is 0.326 e. The van der Waals surface area contributed by atoms with Crippen LogP contribution in [-0.4, -0.2) is 14.3 Å². The Hall–Kier alpha value is -2.83. The van der Waals surface area contributed by atoms with Crippen LogP contribution in [0.25, 0.3) is 0 Å². The smallest absolute Gasteiger partial charge is 0.261 e. The Kier molecular flexibility index (Phi) is 6.48. The van der Waals surface area contributed by atoms with Gasteiger partial charge in [0.2, 0.25) is 5.91 Å². The standard InChI is InChI=1S/C23H23ClN2O3S/c1-15-4-5-18(12-16(15)2)14-23(27)25-20-7-9-21(10-8-20)30(28,29)26-22-11-6-19(24)13-17(22)3/h4-13,26H,14H2,1-3H3,(H,25,27). The van der Waals surface area contributed by atoms with Crippen molar-refractivity contribution in [1.82, 2.24) is 0 Å². The second kappa shape index (κ2) is 8.90. The first-order chi connectivity index (χ1) is 14.1. The maximum atomic E-state index is 12.6. The zero-order chi connectivity index (χ0) is 21.9. The van der Waals surface area contributed by atoms with Gasteiger partial charge in [-0.3, -0.25) is 9.52 Å². The molecular formula is C23H23ClN2O3S. The summed E-state index contributed by atoms with van der Waals surface area (Å²) in [5.74, 6) is -0.163. The zero-order valence-corrected chi connectivity index (χ0v) is 18.6. The van der Waals surface area contributed by atoms with Crippen molar-refractivity contribution in [2.45, 2.75) is 32.1 Å². The van der Waals surface area contributed by atoms with Gasteiger partial charge in [-0.2, -0.15) is 0 Å². The molecule has 0 unspecified atom stereocenters. The van der Waals surface area contributed by atoms with E-state index in [2.05, 4.69) is 10.0 Å². The number of rotatable bonds is 6. The quantitative estimate of drug-likeness (QED) is 0.547. The number of sulfonamides is 1. The van der Waals surface area contributed by atoms with Crippen LogP contribution < -0.4 is 10.0 Å². The first kappa shape index (κ1) is 21.9. The predicted octanol–water partition coefficient (Wildman–Crippen LogP) is 5.25. The summed E-state index contributed by atoms with van der Waals surface area (Å²) in [6, 6.07) is 16.9. The lowest BCUT2D eigenvalue weighted by Gasteiger charge is -2.12. The molecule has 0 radical (unpaired) electrons. The van der Waals surface area contributed by atoms with Crippen LogP contribution in [0.3, 0.4) is 0 Å². The molecule has 0 aliphatic heterocycles. The Morgan fingerprint density at radius 3 is 2.20 bits per heavy atom. The summed E-state index contributed by atoms with van der Waals surface area (Å²) >= 11 is 5.92. The van der Waals surface area contributed by atoms with Crippen molar-refractivity contribution in [1.29, 1.82) is 0 Å². The molecule has 0 saturated heterocycles. The number of hydrogen-bond donors (Lipinski definition) is 2. The molecule has 0 bridgehead atoms. The fourth-order valence-electron chi connectivity index (χ4n) is 2.97. The number of amides is 1. The van der Waals surface area contributed by atoms with Gasteiger partial charge in [0, 0.05) is 10.7 Å². The number of aryl methyl sites for hydroxylation is 3. The molecule has 0 heterocycles. The van der Waals surface area contributed by atoms with Gasteiger partial charge in [0.25, 0.3) is 10.0 Å². The van der Waals surface area contributed by atoms with Crippen molar-refractivity contribution in [2.75, 3.05) is 10.0 Å². The lowest BCUT2D eigenvalue weighted by molar-refractivity contribution is -0.115. The van der Waals surface area contributed by atoms with E-state index in [0.717, 1.165) is 16.7 Å². The topological polar surface area (TPSA) is 75.3 Å². The van der Waals surface area contributed by atoms with Gasteiger partial charge in [0.15, 0.2) is 0 Å². The second-order valence-electron chi connectivity index (χ2n) is 7.23. The molecule has 0 fully saturated rings. The summed E-state index contributed by atoms with van der Waals surface area (Å²) in [5, 5.41) is 3.34. The van der Waals surface area contributed by atoms with Crippen molar-refractivity contribution in [3.05, 3.63) is 87.9 Å². The first-order valence-electron chi connectivity index (χ1n) is 9.39. The molecule has 0 aromatic heterocycles. The van der Waals surface area contributed by atoms with Gasteiger partial charge in [-0.05, 0) is 85.5 Å². The van der Waals surface area contributed by atoms with Crippen LogP contribution in [-0.2, 0) is 21.2 Å². The van der Waals surface area contributed by atoms with Gasteiger partial charge >= 0.3 is 0 Å². The van der Waals surface area contributed by atoms with Gasteiger partial charge in [-0.15, -0.1) is 0 Å². The summed E-state index contributed by atoms with van der Waals surface area (Å²) in [5.41, 5.74) is 4.96. The monoisotopic (exact) mass is 442 g/mol. The molecule has 0 saturated carbocycles. The lowest BCUT2D eigenvalue weighted by atomic mass is 10.0. The summed E-state index contributed by atoms with van der Waals surface area (Å²) < 4.78 is 27.8. The van der Waals surface area contributed by atoms with Crippen molar-refractivity contribution in [2.24, 2.45) is 0 Å². The van der Waals surface area contributed by atoms with Crippen LogP contribution in [0.1, 0.15) is 22.3 Å². The number of carbonyl (C=O) groups excluding carboxylic acids is 1. The number of carbonyl (C=O) groups is 1. The molecule has 3 rings (SSSR count). The predicted molar refractivity (Wildman–Crippen MR) is 122 cm³/mol. The molecule has 2 N–H and O–H groups in total. The fourth-order valence-corrected chi connectivity index (χ4v) is 4.32. The molecule has 3 aromatic rings. The highest BCUT2D eigenvalue weighted by Gasteiger charge is 2.16. The Morgan fingerprint density at radius 2 is 1.57 bits per heavy atom. The Labute approximate surface area is 182 Å². The van der Waals surface area contributed by atoms with Gasteiger partial charge in [-0.1, -0.05) is 29.8 Å². The van der Waals surface area contributed by atoms with Gasteiger partial charge in [0.1, 0.15) is 0 Å². The van der Waals surface area contributed by atoms with Crippen LogP contribution in [0.15, 0.2) is 65.6 Å². The second-order valence-corrected chi connectivity index (χ2v) is 9.35. The minimum atomic E-state index is -3.76. The average molecular weight is 443 g/mol. The van der Waals surface area contributed by atoms with Gasteiger partial charge in [0.05, 0.1) is 17.0 Å². The minimum Gasteiger partial charge on any atom is -0.326 e. The maximum absolute atomic E-state index is 12.6. The highest BCUT2D eigenvalue weighted by Crippen LogP contribution is 2.23. The molecule has 0 atom stereocenters. The van der Waals surface area contributed by atoms with E-state index in [4.69, 9.17) is 11.6 Å². The Bertz CT molecular complexity index is 1190.